The zero-order chi connectivity index (χ0) is 30.4. The summed E-state index contributed by atoms with van der Waals surface area (Å²) in [4.78, 5) is 18.4. The molecule has 0 bridgehead atoms. The molecule has 1 aliphatic carbocycles. The Bertz CT molecular complexity index is 1790. The van der Waals surface area contributed by atoms with Gasteiger partial charge in [0.1, 0.15) is 29.8 Å². The summed E-state index contributed by atoms with van der Waals surface area (Å²) in [5, 5.41) is 19.8. The van der Waals surface area contributed by atoms with E-state index in [9.17, 15) is 9.50 Å². The maximum absolute atomic E-state index is 17.0. The second kappa shape index (κ2) is 10.0. The molecule has 1 aromatic carbocycles. The smallest absolute Gasteiger partial charge is 0.319 e. The number of hydrogen-bond donors (Lipinski definition) is 2. The number of fused-ring (bicyclic) bond motifs is 3. The zero-order valence-electron chi connectivity index (χ0n) is 25.6. The highest BCUT2D eigenvalue weighted by atomic mass is 19.1. The van der Waals surface area contributed by atoms with Crippen LogP contribution in [0.4, 0.5) is 14.6 Å². The molecule has 4 aromatic rings. The van der Waals surface area contributed by atoms with Crippen LogP contribution in [0.5, 0.6) is 6.01 Å². The predicted molar refractivity (Wildman–Crippen MR) is 164 cm³/mol. The van der Waals surface area contributed by atoms with Crippen molar-refractivity contribution < 1.29 is 18.6 Å². The third-order valence-corrected chi connectivity index (χ3v) is 10.4. The Kier molecular flexibility index (Phi) is 6.40. The number of hydrogen-bond acceptors (Lipinski definition) is 8. The van der Waals surface area contributed by atoms with E-state index in [2.05, 4.69) is 33.1 Å². The molecular weight excluding hydrogens is 564 g/mol. The second-order valence-corrected chi connectivity index (χ2v) is 13.9. The molecule has 4 fully saturated rings. The molecule has 0 radical (unpaired) electrons. The van der Waals surface area contributed by atoms with Crippen molar-refractivity contribution in [1.82, 2.24) is 30.0 Å². The van der Waals surface area contributed by atoms with Crippen molar-refractivity contribution in [3.8, 4) is 17.3 Å². The number of anilines is 1. The van der Waals surface area contributed by atoms with Gasteiger partial charge in [-0.1, -0.05) is 0 Å². The van der Waals surface area contributed by atoms with Crippen molar-refractivity contribution >= 4 is 27.6 Å². The summed E-state index contributed by atoms with van der Waals surface area (Å²) < 4.78 is 37.8. The lowest BCUT2D eigenvalue weighted by Gasteiger charge is -2.38. The van der Waals surface area contributed by atoms with E-state index in [1.807, 2.05) is 18.7 Å². The molecule has 44 heavy (non-hydrogen) atoms. The van der Waals surface area contributed by atoms with Crippen LogP contribution >= 0.6 is 0 Å². The number of H-pyrrole nitrogens is 1. The summed E-state index contributed by atoms with van der Waals surface area (Å²) in [6, 6.07) is 2.16. The summed E-state index contributed by atoms with van der Waals surface area (Å²) in [6.07, 6.45) is 6.60. The molecule has 1 saturated carbocycles. The largest absolute Gasteiger partial charge is 0.461 e. The van der Waals surface area contributed by atoms with Crippen molar-refractivity contribution in [3.63, 3.8) is 0 Å². The summed E-state index contributed by atoms with van der Waals surface area (Å²) in [5.41, 5.74) is 3.72. The molecule has 0 spiro atoms. The SMILES string of the molecule is Cc1cc2[nH]nc(C)c2c(-c2ncc3c(N4CCC[C@@](C)(O)C4)nc(OC[C@@]45CCCN4C[C@H](F)C5)nc3c2F)c1C1CC1. The highest BCUT2D eigenvalue weighted by Gasteiger charge is 2.49. The Morgan fingerprint density at radius 1 is 1.16 bits per heavy atom. The van der Waals surface area contributed by atoms with Crippen LogP contribution in [0.1, 0.15) is 74.6 Å². The molecular formula is C33H39F2N7O2. The summed E-state index contributed by atoms with van der Waals surface area (Å²) >= 11 is 0. The second-order valence-electron chi connectivity index (χ2n) is 13.9. The number of nitrogens with one attached hydrogen (secondary N) is 1. The quantitative estimate of drug-likeness (QED) is 0.298. The van der Waals surface area contributed by atoms with E-state index in [0.717, 1.165) is 71.9 Å². The van der Waals surface area contributed by atoms with E-state index in [1.165, 1.54) is 0 Å². The number of halogens is 2. The highest BCUT2D eigenvalue weighted by Crippen LogP contribution is 2.49. The van der Waals surface area contributed by atoms with Gasteiger partial charge in [0.05, 0.1) is 27.7 Å². The van der Waals surface area contributed by atoms with E-state index in [4.69, 9.17) is 14.7 Å². The fraction of sp³-hybridized carbons (Fsp3) is 0.576. The average Bonchev–Trinajstić information content (AvgIpc) is 3.54. The van der Waals surface area contributed by atoms with Crippen molar-refractivity contribution in [2.45, 2.75) is 88.9 Å². The number of ether oxygens (including phenoxy) is 1. The molecule has 0 amide bonds. The highest BCUT2D eigenvalue weighted by molar-refractivity contribution is 6.01. The number of rotatable bonds is 6. The van der Waals surface area contributed by atoms with Gasteiger partial charge in [0.2, 0.25) is 0 Å². The number of pyridine rings is 1. The van der Waals surface area contributed by atoms with Crippen molar-refractivity contribution in [2.24, 2.45) is 0 Å². The lowest BCUT2D eigenvalue weighted by Crippen LogP contribution is -2.46. The third-order valence-electron chi connectivity index (χ3n) is 10.4. The lowest BCUT2D eigenvalue weighted by atomic mass is 9.91. The first kappa shape index (κ1) is 28.1. The number of benzene rings is 1. The number of aromatic amines is 1. The van der Waals surface area contributed by atoms with E-state index in [-0.39, 0.29) is 29.4 Å². The van der Waals surface area contributed by atoms with Crippen LogP contribution < -0.4 is 9.64 Å². The number of piperidine rings is 1. The van der Waals surface area contributed by atoms with Gasteiger partial charge in [-0.3, -0.25) is 15.0 Å². The first-order chi connectivity index (χ1) is 21.1. The van der Waals surface area contributed by atoms with E-state index in [1.54, 1.807) is 6.20 Å². The van der Waals surface area contributed by atoms with Gasteiger partial charge in [0, 0.05) is 43.2 Å². The first-order valence-corrected chi connectivity index (χ1v) is 16.0. The van der Waals surface area contributed by atoms with E-state index < -0.39 is 17.6 Å². The van der Waals surface area contributed by atoms with Crippen LogP contribution in [0.2, 0.25) is 0 Å². The van der Waals surface area contributed by atoms with Gasteiger partial charge in [-0.25, -0.2) is 8.78 Å². The van der Waals surface area contributed by atoms with Crippen LogP contribution in [0, 0.1) is 19.7 Å². The van der Waals surface area contributed by atoms with Crippen molar-refractivity contribution in [3.05, 3.63) is 34.9 Å². The Labute approximate surface area is 255 Å². The van der Waals surface area contributed by atoms with Crippen LogP contribution in [-0.2, 0) is 0 Å². The molecule has 3 aromatic heterocycles. The monoisotopic (exact) mass is 603 g/mol. The normalized spacial score (nSPS) is 27.5. The molecule has 232 valence electrons. The Morgan fingerprint density at radius 2 is 1.98 bits per heavy atom. The average molecular weight is 604 g/mol. The summed E-state index contributed by atoms with van der Waals surface area (Å²) in [6.45, 7) is 8.33. The third kappa shape index (κ3) is 4.53. The molecule has 3 saturated heterocycles. The molecule has 9 nitrogen and oxygen atoms in total. The van der Waals surface area contributed by atoms with Gasteiger partial charge < -0.3 is 14.7 Å². The zero-order valence-corrected chi connectivity index (χ0v) is 25.6. The predicted octanol–water partition coefficient (Wildman–Crippen LogP) is 5.51. The molecule has 11 heteroatoms. The van der Waals surface area contributed by atoms with Crippen molar-refractivity contribution in [2.75, 3.05) is 37.7 Å². The van der Waals surface area contributed by atoms with Crippen LogP contribution in [0.25, 0.3) is 33.1 Å². The molecule has 2 N–H and O–H groups in total. The summed E-state index contributed by atoms with van der Waals surface area (Å²) in [5.74, 6) is 0.324. The van der Waals surface area contributed by atoms with E-state index >= 15 is 4.39 Å². The number of nitrogens with zero attached hydrogens (tertiary/aromatic N) is 6. The number of alkyl halides is 1. The molecule has 3 aliphatic heterocycles. The topological polar surface area (TPSA) is 103 Å². The first-order valence-electron chi connectivity index (χ1n) is 16.0. The molecule has 3 atom stereocenters. The van der Waals surface area contributed by atoms with Gasteiger partial charge in [-0.2, -0.15) is 15.1 Å². The summed E-state index contributed by atoms with van der Waals surface area (Å²) in [7, 11) is 0. The van der Waals surface area contributed by atoms with Gasteiger partial charge in [0.15, 0.2) is 5.82 Å². The van der Waals surface area contributed by atoms with Crippen LogP contribution in [0.3, 0.4) is 0 Å². The minimum Gasteiger partial charge on any atom is -0.461 e. The molecule has 8 rings (SSSR count). The minimum absolute atomic E-state index is 0.0635. The van der Waals surface area contributed by atoms with Gasteiger partial charge in [-0.05, 0) is 89.0 Å². The fourth-order valence-corrected chi connectivity index (χ4v) is 8.19. The maximum Gasteiger partial charge on any atom is 0.319 e. The van der Waals surface area contributed by atoms with Gasteiger partial charge in [-0.15, -0.1) is 0 Å². The van der Waals surface area contributed by atoms with E-state index in [0.29, 0.717) is 49.6 Å². The lowest BCUT2D eigenvalue weighted by molar-refractivity contribution is 0.0447. The Morgan fingerprint density at radius 3 is 2.77 bits per heavy atom. The standard InChI is InChI=1S/C33H39F2N7O2/c1-18-12-23-25(19(2)39-40-23)26(24(18)20-6-7-20)29-27(35)28-22(14-36-29)30(41-10-4-8-32(3,43)16-41)38-31(37-28)44-17-33-9-5-11-42(33)15-21(34)13-33/h12,14,20-21,43H,4-11,13,15-17H2,1-3H3,(H,39,40)/t21-,32-,33+/m1/s1. The maximum atomic E-state index is 17.0. The van der Waals surface area contributed by atoms with Gasteiger partial charge >= 0.3 is 6.01 Å². The molecule has 4 aliphatic rings. The molecule has 6 heterocycles. The Hall–Kier alpha value is -3.44. The van der Waals surface area contributed by atoms with Crippen molar-refractivity contribution in [1.29, 1.82) is 0 Å². The number of β-amino-alcohol motifs (C(OH)–C–C–N with tert-alkyl or cyclic N) is 1. The van der Waals surface area contributed by atoms with Crippen LogP contribution in [0.15, 0.2) is 12.3 Å². The number of aliphatic hydroxyl groups is 1. The van der Waals surface area contributed by atoms with Crippen LogP contribution in [-0.4, -0.2) is 85.3 Å². The number of aryl methyl sites for hydroxylation is 2. The minimum atomic E-state index is -0.906. The fourth-order valence-electron chi connectivity index (χ4n) is 8.19. The van der Waals surface area contributed by atoms with Gasteiger partial charge in [0.25, 0.3) is 0 Å². The Balaban J connectivity index is 1.29. The molecule has 0 unspecified atom stereocenters. The number of aromatic nitrogens is 5.